The molecule has 1 nitrogen and oxygen atoms in total. The van der Waals surface area contributed by atoms with Crippen molar-refractivity contribution in [2.75, 3.05) is 6.61 Å². The highest BCUT2D eigenvalue weighted by atomic mass is 35.5. The number of ether oxygens (including phenoxy) is 1. The van der Waals surface area contributed by atoms with Crippen LogP contribution in [0, 0.1) is 5.82 Å². The van der Waals surface area contributed by atoms with Crippen LogP contribution >= 0.6 is 11.6 Å². The Labute approximate surface area is 121 Å². The molecule has 0 saturated heterocycles. The third-order valence-electron chi connectivity index (χ3n) is 3.16. The molecule has 0 amide bonds. The van der Waals surface area contributed by atoms with Gasteiger partial charge in [0.1, 0.15) is 11.6 Å². The Kier molecular flexibility index (Phi) is 8.64. The molecule has 3 heteroatoms. The van der Waals surface area contributed by atoms with Gasteiger partial charge in [-0.15, -0.1) is 0 Å². The van der Waals surface area contributed by atoms with Crippen LogP contribution in [0.2, 0.25) is 5.02 Å². The summed E-state index contributed by atoms with van der Waals surface area (Å²) in [6.07, 6.45) is 10.1. The first kappa shape index (κ1) is 16.3. The standard InChI is InChI=1S/C16H24ClFO/c1-2-3-4-5-6-7-8-9-12-19-14-10-11-15(17)16(18)13-14/h10-11,13H,2-9,12H2,1H3. The van der Waals surface area contributed by atoms with E-state index in [1.807, 2.05) is 0 Å². The Morgan fingerprint density at radius 3 is 2.26 bits per heavy atom. The van der Waals surface area contributed by atoms with E-state index in [0.717, 1.165) is 6.42 Å². The minimum Gasteiger partial charge on any atom is -0.493 e. The zero-order valence-corrected chi connectivity index (χ0v) is 12.5. The molecule has 0 heterocycles. The fourth-order valence-corrected chi connectivity index (χ4v) is 2.11. The van der Waals surface area contributed by atoms with Crippen LogP contribution in [-0.2, 0) is 0 Å². The van der Waals surface area contributed by atoms with Crippen molar-refractivity contribution in [1.29, 1.82) is 0 Å². The Morgan fingerprint density at radius 2 is 1.63 bits per heavy atom. The molecule has 108 valence electrons. The second kappa shape index (κ2) is 10.1. The Morgan fingerprint density at radius 1 is 1.00 bits per heavy atom. The summed E-state index contributed by atoms with van der Waals surface area (Å²) in [5.41, 5.74) is 0. The van der Waals surface area contributed by atoms with Gasteiger partial charge in [-0.05, 0) is 18.6 Å². The summed E-state index contributed by atoms with van der Waals surface area (Å²) in [5.74, 6) is 0.139. The van der Waals surface area contributed by atoms with E-state index in [-0.39, 0.29) is 5.02 Å². The summed E-state index contributed by atoms with van der Waals surface area (Å²) < 4.78 is 18.6. The van der Waals surface area contributed by atoms with Crippen molar-refractivity contribution in [2.45, 2.75) is 58.3 Å². The van der Waals surface area contributed by atoms with Crippen molar-refractivity contribution in [2.24, 2.45) is 0 Å². The van der Waals surface area contributed by atoms with Gasteiger partial charge in [0, 0.05) is 6.07 Å². The fraction of sp³-hybridized carbons (Fsp3) is 0.625. The molecular weight excluding hydrogens is 263 g/mol. The second-order valence-corrected chi connectivity index (χ2v) is 5.31. The van der Waals surface area contributed by atoms with Gasteiger partial charge in [-0.2, -0.15) is 0 Å². The lowest BCUT2D eigenvalue weighted by Gasteiger charge is -2.06. The van der Waals surface area contributed by atoms with Gasteiger partial charge in [0.15, 0.2) is 0 Å². The number of halogens is 2. The average Bonchev–Trinajstić information content (AvgIpc) is 2.41. The molecule has 0 aliphatic rings. The predicted octanol–water partition coefficient (Wildman–Crippen LogP) is 6.00. The number of hydrogen-bond donors (Lipinski definition) is 0. The quantitative estimate of drug-likeness (QED) is 0.479. The molecule has 19 heavy (non-hydrogen) atoms. The van der Waals surface area contributed by atoms with E-state index in [4.69, 9.17) is 16.3 Å². The van der Waals surface area contributed by atoms with E-state index < -0.39 is 5.82 Å². The van der Waals surface area contributed by atoms with Crippen molar-refractivity contribution < 1.29 is 9.13 Å². The molecule has 0 bridgehead atoms. The molecule has 0 N–H and O–H groups in total. The molecule has 1 aromatic carbocycles. The zero-order chi connectivity index (χ0) is 13.9. The lowest BCUT2D eigenvalue weighted by Crippen LogP contribution is -1.97. The molecule has 0 saturated carbocycles. The highest BCUT2D eigenvalue weighted by Crippen LogP contribution is 2.20. The van der Waals surface area contributed by atoms with Crippen molar-refractivity contribution in [3.63, 3.8) is 0 Å². The number of unbranched alkanes of at least 4 members (excludes halogenated alkanes) is 7. The van der Waals surface area contributed by atoms with Crippen LogP contribution in [0.25, 0.3) is 0 Å². The first-order chi connectivity index (χ1) is 9.24. The van der Waals surface area contributed by atoms with E-state index in [1.165, 1.54) is 57.1 Å². The second-order valence-electron chi connectivity index (χ2n) is 4.90. The number of benzene rings is 1. The van der Waals surface area contributed by atoms with E-state index in [0.29, 0.717) is 12.4 Å². The molecule has 0 atom stereocenters. The van der Waals surface area contributed by atoms with E-state index in [9.17, 15) is 4.39 Å². The lowest BCUT2D eigenvalue weighted by atomic mass is 10.1. The van der Waals surface area contributed by atoms with Gasteiger partial charge in [0.25, 0.3) is 0 Å². The minimum absolute atomic E-state index is 0.138. The summed E-state index contributed by atoms with van der Waals surface area (Å²) >= 11 is 5.60. The number of hydrogen-bond acceptors (Lipinski definition) is 1. The zero-order valence-electron chi connectivity index (χ0n) is 11.8. The summed E-state index contributed by atoms with van der Waals surface area (Å²) in [6, 6.07) is 4.57. The topological polar surface area (TPSA) is 9.23 Å². The molecule has 1 rings (SSSR count). The monoisotopic (exact) mass is 286 g/mol. The van der Waals surface area contributed by atoms with Gasteiger partial charge in [-0.3, -0.25) is 0 Å². The van der Waals surface area contributed by atoms with E-state index in [2.05, 4.69) is 6.92 Å². The Balaban J connectivity index is 2.00. The molecule has 1 aromatic rings. The van der Waals surface area contributed by atoms with Crippen LogP contribution in [0.5, 0.6) is 5.75 Å². The maximum atomic E-state index is 13.1. The van der Waals surface area contributed by atoms with Crippen molar-refractivity contribution >= 4 is 11.6 Å². The van der Waals surface area contributed by atoms with Crippen molar-refractivity contribution in [3.8, 4) is 5.75 Å². The SMILES string of the molecule is CCCCCCCCCCOc1ccc(Cl)c(F)c1. The maximum absolute atomic E-state index is 13.1. The average molecular weight is 287 g/mol. The summed E-state index contributed by atoms with van der Waals surface area (Å²) in [5, 5.41) is 0.138. The Bertz CT molecular complexity index is 355. The van der Waals surface area contributed by atoms with Gasteiger partial charge < -0.3 is 4.74 Å². The fourth-order valence-electron chi connectivity index (χ4n) is 1.99. The highest BCUT2D eigenvalue weighted by Gasteiger charge is 2.01. The molecule has 0 aromatic heterocycles. The number of rotatable bonds is 10. The predicted molar refractivity (Wildman–Crippen MR) is 79.5 cm³/mol. The molecule has 0 fully saturated rings. The van der Waals surface area contributed by atoms with E-state index in [1.54, 1.807) is 6.07 Å². The Hall–Kier alpha value is -0.760. The smallest absolute Gasteiger partial charge is 0.145 e. The largest absolute Gasteiger partial charge is 0.493 e. The van der Waals surface area contributed by atoms with Crippen LogP contribution in [0.4, 0.5) is 4.39 Å². The first-order valence-electron chi connectivity index (χ1n) is 7.32. The molecule has 0 unspecified atom stereocenters. The van der Waals surface area contributed by atoms with E-state index >= 15 is 0 Å². The minimum atomic E-state index is -0.421. The third kappa shape index (κ3) is 7.41. The molecular formula is C16H24ClFO. The highest BCUT2D eigenvalue weighted by molar-refractivity contribution is 6.30. The maximum Gasteiger partial charge on any atom is 0.145 e. The third-order valence-corrected chi connectivity index (χ3v) is 3.46. The summed E-state index contributed by atoms with van der Waals surface area (Å²) in [7, 11) is 0. The van der Waals surface area contributed by atoms with Crippen LogP contribution in [0.15, 0.2) is 18.2 Å². The van der Waals surface area contributed by atoms with Gasteiger partial charge in [-0.25, -0.2) is 4.39 Å². The summed E-state index contributed by atoms with van der Waals surface area (Å²) in [4.78, 5) is 0. The van der Waals surface area contributed by atoms with Crippen LogP contribution in [0.3, 0.4) is 0 Å². The van der Waals surface area contributed by atoms with Gasteiger partial charge in [-0.1, -0.05) is 63.5 Å². The van der Waals surface area contributed by atoms with Gasteiger partial charge in [0.05, 0.1) is 11.6 Å². The lowest BCUT2D eigenvalue weighted by molar-refractivity contribution is 0.303. The van der Waals surface area contributed by atoms with Crippen LogP contribution in [-0.4, -0.2) is 6.61 Å². The van der Waals surface area contributed by atoms with Crippen LogP contribution in [0.1, 0.15) is 58.3 Å². The summed E-state index contributed by atoms with van der Waals surface area (Å²) in [6.45, 7) is 2.88. The van der Waals surface area contributed by atoms with Crippen molar-refractivity contribution in [1.82, 2.24) is 0 Å². The first-order valence-corrected chi connectivity index (χ1v) is 7.69. The molecule has 0 aliphatic carbocycles. The normalized spacial score (nSPS) is 10.7. The molecule has 0 radical (unpaired) electrons. The van der Waals surface area contributed by atoms with Gasteiger partial charge >= 0.3 is 0 Å². The van der Waals surface area contributed by atoms with Gasteiger partial charge in [0.2, 0.25) is 0 Å². The molecule has 0 spiro atoms. The van der Waals surface area contributed by atoms with Crippen LogP contribution < -0.4 is 4.74 Å². The molecule has 0 aliphatic heterocycles. The van der Waals surface area contributed by atoms with Crippen molar-refractivity contribution in [3.05, 3.63) is 29.0 Å².